The SMILES string of the molecule is Cc1ccc(C(NN)C2CSc3ccccc3O2)cn1. The Bertz CT molecular complexity index is 588. The summed E-state index contributed by atoms with van der Waals surface area (Å²) >= 11 is 1.80. The lowest BCUT2D eigenvalue weighted by Crippen LogP contribution is -2.42. The number of hydrazine groups is 1. The second-order valence-electron chi connectivity index (χ2n) is 4.79. The molecule has 1 aliphatic heterocycles. The first kappa shape index (κ1) is 13.4. The van der Waals surface area contributed by atoms with Gasteiger partial charge < -0.3 is 4.74 Å². The first-order chi connectivity index (χ1) is 9.78. The van der Waals surface area contributed by atoms with Gasteiger partial charge in [0.1, 0.15) is 11.9 Å². The molecule has 0 saturated carbocycles. The van der Waals surface area contributed by atoms with E-state index in [2.05, 4.69) is 16.5 Å². The summed E-state index contributed by atoms with van der Waals surface area (Å²) < 4.78 is 6.08. The number of nitrogens with two attached hydrogens (primary N) is 1. The quantitative estimate of drug-likeness (QED) is 0.671. The van der Waals surface area contributed by atoms with E-state index in [-0.39, 0.29) is 12.1 Å². The lowest BCUT2D eigenvalue weighted by Gasteiger charge is -2.31. The van der Waals surface area contributed by atoms with Gasteiger partial charge in [0.05, 0.1) is 6.04 Å². The van der Waals surface area contributed by atoms with Gasteiger partial charge in [-0.3, -0.25) is 10.8 Å². The second-order valence-corrected chi connectivity index (χ2v) is 5.85. The van der Waals surface area contributed by atoms with Gasteiger partial charge in [-0.2, -0.15) is 0 Å². The van der Waals surface area contributed by atoms with Gasteiger partial charge in [-0.25, -0.2) is 5.43 Å². The van der Waals surface area contributed by atoms with Crippen LogP contribution in [0, 0.1) is 6.92 Å². The van der Waals surface area contributed by atoms with Crippen LogP contribution >= 0.6 is 11.8 Å². The highest BCUT2D eigenvalue weighted by Crippen LogP contribution is 2.37. The van der Waals surface area contributed by atoms with Crippen LogP contribution in [0.5, 0.6) is 5.75 Å². The zero-order chi connectivity index (χ0) is 13.9. The van der Waals surface area contributed by atoms with Crippen molar-refractivity contribution >= 4 is 11.8 Å². The summed E-state index contributed by atoms with van der Waals surface area (Å²) in [5, 5.41) is 0. The maximum absolute atomic E-state index is 6.08. The number of rotatable bonds is 3. The molecule has 0 fully saturated rings. The van der Waals surface area contributed by atoms with Crippen molar-refractivity contribution in [3.05, 3.63) is 53.9 Å². The number of nitrogens with zero attached hydrogens (tertiary/aromatic N) is 1. The largest absolute Gasteiger partial charge is 0.486 e. The van der Waals surface area contributed by atoms with Crippen LogP contribution in [0.2, 0.25) is 0 Å². The van der Waals surface area contributed by atoms with Gasteiger partial charge in [0.25, 0.3) is 0 Å². The molecule has 1 aromatic heterocycles. The average molecular weight is 287 g/mol. The molecule has 0 saturated heterocycles. The van der Waals surface area contributed by atoms with Crippen LogP contribution in [0.4, 0.5) is 0 Å². The summed E-state index contributed by atoms with van der Waals surface area (Å²) in [7, 11) is 0. The van der Waals surface area contributed by atoms with Gasteiger partial charge in [-0.05, 0) is 30.7 Å². The van der Waals surface area contributed by atoms with E-state index in [0.29, 0.717) is 0 Å². The van der Waals surface area contributed by atoms with Gasteiger partial charge in [-0.15, -0.1) is 11.8 Å². The molecule has 2 atom stereocenters. The number of hydrogen-bond acceptors (Lipinski definition) is 5. The van der Waals surface area contributed by atoms with Gasteiger partial charge in [0, 0.05) is 22.5 Å². The van der Waals surface area contributed by atoms with E-state index in [1.54, 1.807) is 11.8 Å². The van der Waals surface area contributed by atoms with Crippen LogP contribution in [0.25, 0.3) is 0 Å². The van der Waals surface area contributed by atoms with Gasteiger partial charge in [0.15, 0.2) is 0 Å². The Morgan fingerprint density at radius 3 is 2.95 bits per heavy atom. The summed E-state index contributed by atoms with van der Waals surface area (Å²) in [5.41, 5.74) is 4.90. The minimum absolute atomic E-state index is 0.00981. The van der Waals surface area contributed by atoms with Crippen LogP contribution < -0.4 is 16.0 Å². The first-order valence-electron chi connectivity index (χ1n) is 6.55. The molecule has 0 aliphatic carbocycles. The highest BCUT2D eigenvalue weighted by atomic mass is 32.2. The molecule has 104 valence electrons. The predicted octanol–water partition coefficient (Wildman–Crippen LogP) is 2.45. The molecule has 4 nitrogen and oxygen atoms in total. The molecule has 3 rings (SSSR count). The lowest BCUT2D eigenvalue weighted by atomic mass is 10.0. The number of fused-ring (bicyclic) bond motifs is 1. The van der Waals surface area contributed by atoms with E-state index in [0.717, 1.165) is 22.8 Å². The topological polar surface area (TPSA) is 60.2 Å². The van der Waals surface area contributed by atoms with Crippen molar-refractivity contribution < 1.29 is 4.74 Å². The molecule has 1 aliphatic rings. The molecule has 0 bridgehead atoms. The van der Waals surface area contributed by atoms with E-state index in [1.807, 2.05) is 43.5 Å². The Labute approximate surface area is 122 Å². The maximum atomic E-state index is 6.08. The lowest BCUT2D eigenvalue weighted by molar-refractivity contribution is 0.166. The molecule has 0 amide bonds. The molecule has 3 N–H and O–H groups in total. The molecule has 2 aromatic rings. The molecular weight excluding hydrogens is 270 g/mol. The minimum Gasteiger partial charge on any atom is -0.486 e. The van der Waals surface area contributed by atoms with Crippen molar-refractivity contribution in [1.29, 1.82) is 0 Å². The average Bonchev–Trinajstić information content (AvgIpc) is 2.50. The monoisotopic (exact) mass is 287 g/mol. The molecule has 2 unspecified atom stereocenters. The molecule has 5 heteroatoms. The van der Waals surface area contributed by atoms with Gasteiger partial charge in [-0.1, -0.05) is 18.2 Å². The van der Waals surface area contributed by atoms with E-state index >= 15 is 0 Å². The number of hydrogen-bond donors (Lipinski definition) is 2. The van der Waals surface area contributed by atoms with Crippen molar-refractivity contribution in [3.8, 4) is 5.75 Å². The third kappa shape index (κ3) is 2.65. The number of pyridine rings is 1. The Kier molecular flexibility index (Phi) is 3.91. The number of aromatic nitrogens is 1. The summed E-state index contributed by atoms with van der Waals surface area (Å²) in [6, 6.07) is 12.1. The standard InChI is InChI=1S/C15H17N3OS/c1-10-6-7-11(8-17-10)15(18-16)13-9-20-14-5-3-2-4-12(14)19-13/h2-8,13,15,18H,9,16H2,1H3. The summed E-state index contributed by atoms with van der Waals surface area (Å²) in [6.45, 7) is 1.97. The van der Waals surface area contributed by atoms with E-state index in [1.165, 1.54) is 4.90 Å². The van der Waals surface area contributed by atoms with Gasteiger partial charge in [0.2, 0.25) is 0 Å². The number of ether oxygens (including phenoxy) is 1. The molecule has 2 heterocycles. The summed E-state index contributed by atoms with van der Waals surface area (Å²) in [6.07, 6.45) is 1.85. The molecule has 1 aromatic carbocycles. The van der Waals surface area contributed by atoms with Crippen LogP contribution in [-0.4, -0.2) is 16.8 Å². The minimum atomic E-state index is -0.0658. The number of para-hydroxylation sites is 1. The zero-order valence-corrected chi connectivity index (χ0v) is 12.1. The Balaban J connectivity index is 1.83. The Morgan fingerprint density at radius 2 is 2.20 bits per heavy atom. The molecule has 0 spiro atoms. The Hall–Kier alpha value is -1.56. The van der Waals surface area contributed by atoms with E-state index < -0.39 is 0 Å². The molecule has 20 heavy (non-hydrogen) atoms. The molecular formula is C15H17N3OS. The van der Waals surface area contributed by atoms with Crippen molar-refractivity contribution in [2.24, 2.45) is 5.84 Å². The van der Waals surface area contributed by atoms with Crippen LogP contribution in [0.15, 0.2) is 47.5 Å². The summed E-state index contributed by atoms with van der Waals surface area (Å²) in [5.74, 6) is 7.51. The first-order valence-corrected chi connectivity index (χ1v) is 7.53. The van der Waals surface area contributed by atoms with Crippen molar-refractivity contribution in [2.75, 3.05) is 5.75 Å². The number of benzene rings is 1. The maximum Gasteiger partial charge on any atom is 0.133 e. The highest BCUT2D eigenvalue weighted by molar-refractivity contribution is 7.99. The fraction of sp³-hybridized carbons (Fsp3) is 0.267. The number of nitrogens with one attached hydrogen (secondary N) is 1. The van der Waals surface area contributed by atoms with E-state index in [9.17, 15) is 0 Å². The number of thioether (sulfide) groups is 1. The van der Waals surface area contributed by atoms with Crippen molar-refractivity contribution in [2.45, 2.75) is 24.0 Å². The zero-order valence-electron chi connectivity index (χ0n) is 11.2. The van der Waals surface area contributed by atoms with Crippen molar-refractivity contribution in [3.63, 3.8) is 0 Å². The predicted molar refractivity (Wildman–Crippen MR) is 80.6 cm³/mol. The highest BCUT2D eigenvalue weighted by Gasteiger charge is 2.28. The Morgan fingerprint density at radius 1 is 1.35 bits per heavy atom. The fourth-order valence-corrected chi connectivity index (χ4v) is 3.32. The van der Waals surface area contributed by atoms with Crippen LogP contribution in [0.1, 0.15) is 17.3 Å². The summed E-state index contributed by atoms with van der Waals surface area (Å²) in [4.78, 5) is 5.51. The second kappa shape index (κ2) is 5.83. The normalized spacial score (nSPS) is 19.0. The molecule has 0 radical (unpaired) electrons. The van der Waals surface area contributed by atoms with Gasteiger partial charge >= 0.3 is 0 Å². The third-order valence-electron chi connectivity index (χ3n) is 3.38. The van der Waals surface area contributed by atoms with E-state index in [4.69, 9.17) is 10.6 Å². The fourth-order valence-electron chi connectivity index (χ4n) is 2.28. The van der Waals surface area contributed by atoms with Crippen LogP contribution in [-0.2, 0) is 0 Å². The third-order valence-corrected chi connectivity index (χ3v) is 4.52. The van der Waals surface area contributed by atoms with Crippen LogP contribution in [0.3, 0.4) is 0 Å². The smallest absolute Gasteiger partial charge is 0.133 e. The van der Waals surface area contributed by atoms with Crippen molar-refractivity contribution in [1.82, 2.24) is 10.4 Å². The number of aryl methyl sites for hydroxylation is 1.